The second-order valence-electron chi connectivity index (χ2n) is 5.25. The van der Waals surface area contributed by atoms with Gasteiger partial charge in [0.25, 0.3) is 0 Å². The molecule has 6 heteroatoms. The molecule has 0 radical (unpaired) electrons. The SMILES string of the molecule is CC(C)(CC(=O)O)Cc1nc2cc(Cl)cc(Cl)c2o1. The molecule has 1 N–H and O–H groups in total. The predicted octanol–water partition coefficient (Wildman–Crippen LogP) is 4.18. The van der Waals surface area contributed by atoms with E-state index in [1.165, 1.54) is 0 Å². The number of hydrogen-bond donors (Lipinski definition) is 1. The first-order valence-corrected chi connectivity index (χ1v) is 6.49. The molecule has 0 saturated carbocycles. The summed E-state index contributed by atoms with van der Waals surface area (Å²) in [5.41, 5.74) is 0.619. The van der Waals surface area contributed by atoms with E-state index in [1.54, 1.807) is 12.1 Å². The third-order valence-electron chi connectivity index (χ3n) is 2.71. The fraction of sp³-hybridized carbons (Fsp3) is 0.385. The Kier molecular flexibility index (Phi) is 3.74. The maximum Gasteiger partial charge on any atom is 0.303 e. The van der Waals surface area contributed by atoms with Crippen molar-refractivity contribution in [1.82, 2.24) is 4.98 Å². The van der Waals surface area contributed by atoms with Gasteiger partial charge in [0.2, 0.25) is 0 Å². The Hall–Kier alpha value is -1.26. The number of carboxylic acid groups (broad SMARTS) is 1. The van der Waals surface area contributed by atoms with Gasteiger partial charge in [0.05, 0.1) is 11.4 Å². The van der Waals surface area contributed by atoms with Crippen molar-refractivity contribution < 1.29 is 14.3 Å². The molecule has 0 unspecified atom stereocenters. The number of halogens is 2. The van der Waals surface area contributed by atoms with Crippen LogP contribution in [0, 0.1) is 5.41 Å². The minimum atomic E-state index is -0.845. The molecule has 0 spiro atoms. The summed E-state index contributed by atoms with van der Waals surface area (Å²) in [6, 6.07) is 3.25. The lowest BCUT2D eigenvalue weighted by Crippen LogP contribution is -2.19. The Bertz CT molecular complexity index is 634. The number of rotatable bonds is 4. The van der Waals surface area contributed by atoms with Crippen LogP contribution < -0.4 is 0 Å². The highest BCUT2D eigenvalue weighted by Gasteiger charge is 2.25. The van der Waals surface area contributed by atoms with E-state index in [4.69, 9.17) is 32.7 Å². The molecule has 2 rings (SSSR count). The molecule has 0 aliphatic carbocycles. The highest BCUT2D eigenvalue weighted by Crippen LogP contribution is 2.31. The molecular formula is C13H13Cl2NO3. The summed E-state index contributed by atoms with van der Waals surface area (Å²) >= 11 is 11.9. The van der Waals surface area contributed by atoms with Crippen LogP contribution in [0.25, 0.3) is 11.1 Å². The standard InChI is InChI=1S/C13H13Cl2NO3/c1-13(2,6-11(17)18)5-10-16-9-4-7(14)3-8(15)12(9)19-10/h3-4H,5-6H2,1-2H3,(H,17,18). The topological polar surface area (TPSA) is 63.3 Å². The number of fused-ring (bicyclic) bond motifs is 1. The normalized spacial score (nSPS) is 12.0. The third-order valence-corrected chi connectivity index (χ3v) is 3.21. The van der Waals surface area contributed by atoms with Gasteiger partial charge in [-0.25, -0.2) is 4.98 Å². The van der Waals surface area contributed by atoms with Gasteiger partial charge in [0.15, 0.2) is 11.5 Å². The van der Waals surface area contributed by atoms with E-state index in [1.807, 2.05) is 13.8 Å². The Morgan fingerprint density at radius 1 is 1.42 bits per heavy atom. The van der Waals surface area contributed by atoms with Crippen molar-refractivity contribution in [3.05, 3.63) is 28.1 Å². The van der Waals surface area contributed by atoms with E-state index < -0.39 is 11.4 Å². The second-order valence-corrected chi connectivity index (χ2v) is 6.10. The highest BCUT2D eigenvalue weighted by molar-refractivity contribution is 6.37. The van der Waals surface area contributed by atoms with Crippen molar-refractivity contribution in [3.63, 3.8) is 0 Å². The molecule has 4 nitrogen and oxygen atoms in total. The molecule has 1 aromatic carbocycles. The van der Waals surface area contributed by atoms with Crippen molar-refractivity contribution in [2.24, 2.45) is 5.41 Å². The molecule has 0 fully saturated rings. The molecule has 0 amide bonds. The summed E-state index contributed by atoms with van der Waals surface area (Å²) in [4.78, 5) is 15.1. The first-order chi connectivity index (χ1) is 8.77. The number of nitrogens with zero attached hydrogens (tertiary/aromatic N) is 1. The lowest BCUT2D eigenvalue weighted by atomic mass is 9.86. The molecule has 2 aromatic rings. The van der Waals surface area contributed by atoms with Gasteiger partial charge in [0.1, 0.15) is 5.52 Å². The number of hydrogen-bond acceptors (Lipinski definition) is 3. The van der Waals surface area contributed by atoms with Crippen molar-refractivity contribution >= 4 is 40.3 Å². The maximum atomic E-state index is 10.8. The van der Waals surface area contributed by atoms with Crippen LogP contribution in [0.5, 0.6) is 0 Å². The summed E-state index contributed by atoms with van der Waals surface area (Å²) in [7, 11) is 0. The van der Waals surface area contributed by atoms with Crippen LogP contribution in [-0.2, 0) is 11.2 Å². The van der Waals surface area contributed by atoms with E-state index in [2.05, 4.69) is 4.98 Å². The Labute approximate surface area is 120 Å². The van der Waals surface area contributed by atoms with Crippen LogP contribution in [0.1, 0.15) is 26.2 Å². The van der Waals surface area contributed by atoms with E-state index >= 15 is 0 Å². The first-order valence-electron chi connectivity index (χ1n) is 5.73. The van der Waals surface area contributed by atoms with Crippen LogP contribution in [0.2, 0.25) is 10.0 Å². The number of carbonyl (C=O) groups is 1. The molecule has 1 heterocycles. The zero-order valence-electron chi connectivity index (χ0n) is 10.5. The van der Waals surface area contributed by atoms with Crippen molar-refractivity contribution in [3.8, 4) is 0 Å². The zero-order valence-corrected chi connectivity index (χ0v) is 12.0. The third kappa shape index (κ3) is 3.39. The minimum Gasteiger partial charge on any atom is -0.481 e. The first kappa shape index (κ1) is 14.2. The van der Waals surface area contributed by atoms with Crippen molar-refractivity contribution in [1.29, 1.82) is 0 Å². The van der Waals surface area contributed by atoms with E-state index in [0.717, 1.165) is 0 Å². The van der Waals surface area contributed by atoms with Crippen LogP contribution in [0.15, 0.2) is 16.5 Å². The maximum absolute atomic E-state index is 10.8. The number of benzene rings is 1. The van der Waals surface area contributed by atoms with Crippen molar-refractivity contribution in [2.75, 3.05) is 0 Å². The number of aromatic nitrogens is 1. The molecule has 0 bridgehead atoms. The van der Waals surface area contributed by atoms with Gasteiger partial charge in [-0.2, -0.15) is 0 Å². The summed E-state index contributed by atoms with van der Waals surface area (Å²) < 4.78 is 5.58. The molecule has 1 aromatic heterocycles. The summed E-state index contributed by atoms with van der Waals surface area (Å²) in [6.45, 7) is 3.70. The average molecular weight is 302 g/mol. The van der Waals surface area contributed by atoms with Crippen LogP contribution in [0.3, 0.4) is 0 Å². The molecule has 102 valence electrons. The number of aliphatic carboxylic acids is 1. The quantitative estimate of drug-likeness (QED) is 0.920. The van der Waals surface area contributed by atoms with Gasteiger partial charge in [-0.3, -0.25) is 4.79 Å². The molecule has 0 aliphatic rings. The smallest absolute Gasteiger partial charge is 0.303 e. The highest BCUT2D eigenvalue weighted by atomic mass is 35.5. The molecule has 0 saturated heterocycles. The largest absolute Gasteiger partial charge is 0.481 e. The minimum absolute atomic E-state index is 0.0419. The second kappa shape index (κ2) is 5.02. The summed E-state index contributed by atoms with van der Waals surface area (Å²) in [5, 5.41) is 9.75. The van der Waals surface area contributed by atoms with E-state index in [9.17, 15) is 4.79 Å². The molecule has 0 aliphatic heterocycles. The van der Waals surface area contributed by atoms with Crippen LogP contribution in [0.4, 0.5) is 0 Å². The Balaban J connectivity index is 2.32. The summed E-state index contributed by atoms with van der Waals surface area (Å²) in [6.07, 6.45) is 0.460. The fourth-order valence-corrected chi connectivity index (χ4v) is 2.48. The monoisotopic (exact) mass is 301 g/mol. The van der Waals surface area contributed by atoms with Gasteiger partial charge in [-0.15, -0.1) is 0 Å². The average Bonchev–Trinajstić information content (AvgIpc) is 2.56. The molecule has 19 heavy (non-hydrogen) atoms. The lowest BCUT2D eigenvalue weighted by Gasteiger charge is -2.19. The number of oxazole rings is 1. The Morgan fingerprint density at radius 2 is 2.11 bits per heavy atom. The predicted molar refractivity (Wildman–Crippen MR) is 73.8 cm³/mol. The van der Waals surface area contributed by atoms with Gasteiger partial charge < -0.3 is 9.52 Å². The van der Waals surface area contributed by atoms with Crippen LogP contribution in [-0.4, -0.2) is 16.1 Å². The van der Waals surface area contributed by atoms with Gasteiger partial charge in [0, 0.05) is 11.4 Å². The molecular weight excluding hydrogens is 289 g/mol. The van der Waals surface area contributed by atoms with E-state index in [-0.39, 0.29) is 6.42 Å². The van der Waals surface area contributed by atoms with Gasteiger partial charge >= 0.3 is 5.97 Å². The van der Waals surface area contributed by atoms with Gasteiger partial charge in [-0.05, 0) is 17.5 Å². The van der Waals surface area contributed by atoms with Gasteiger partial charge in [-0.1, -0.05) is 37.0 Å². The number of carboxylic acids is 1. The van der Waals surface area contributed by atoms with E-state index in [0.29, 0.717) is 33.5 Å². The van der Waals surface area contributed by atoms with Crippen molar-refractivity contribution in [2.45, 2.75) is 26.7 Å². The zero-order chi connectivity index (χ0) is 14.2. The summed E-state index contributed by atoms with van der Waals surface area (Å²) in [5.74, 6) is -0.382. The van der Waals surface area contributed by atoms with Crippen LogP contribution >= 0.6 is 23.2 Å². The fourth-order valence-electron chi connectivity index (χ4n) is 1.96. The lowest BCUT2D eigenvalue weighted by molar-refractivity contribution is -0.139. The Morgan fingerprint density at radius 3 is 2.74 bits per heavy atom. The molecule has 0 atom stereocenters.